The van der Waals surface area contributed by atoms with Crippen LogP contribution in [0.15, 0.2) is 24.2 Å². The average molecular weight is 164 g/mol. The van der Waals surface area contributed by atoms with Gasteiger partial charge < -0.3 is 4.65 Å². The molecule has 0 bridgehead atoms. The Bertz CT molecular complexity index is 186. The van der Waals surface area contributed by atoms with Gasteiger partial charge in [-0.05, 0) is 32.0 Å². The predicted molar refractivity (Wildman–Crippen MR) is 54.2 cm³/mol. The van der Waals surface area contributed by atoms with E-state index in [1.54, 1.807) is 7.11 Å². The summed E-state index contributed by atoms with van der Waals surface area (Å²) in [5.74, 6) is 2.98. The van der Waals surface area contributed by atoms with Gasteiger partial charge in [0.05, 0.1) is 0 Å². The first-order chi connectivity index (χ1) is 5.76. The Balaban J connectivity index is 2.52. The topological polar surface area (TPSA) is 9.23 Å². The summed E-state index contributed by atoms with van der Waals surface area (Å²) in [4.78, 5) is 0. The van der Waals surface area contributed by atoms with Crippen LogP contribution in [0.3, 0.4) is 0 Å². The van der Waals surface area contributed by atoms with Crippen LogP contribution in [-0.2, 0) is 4.65 Å². The van der Waals surface area contributed by atoms with Crippen molar-refractivity contribution < 1.29 is 4.65 Å². The molecule has 0 saturated heterocycles. The second-order valence-electron chi connectivity index (χ2n) is 3.62. The van der Waals surface area contributed by atoms with Crippen LogP contribution in [0.1, 0.15) is 19.8 Å². The van der Waals surface area contributed by atoms with Gasteiger partial charge in [-0.15, -0.1) is 6.58 Å². The summed E-state index contributed by atoms with van der Waals surface area (Å²) in [6, 6.07) is 0. The van der Waals surface area contributed by atoms with Crippen LogP contribution >= 0.6 is 0 Å². The van der Waals surface area contributed by atoms with Crippen molar-refractivity contribution >= 4 is 6.92 Å². The molecule has 1 aliphatic heterocycles. The number of allylic oxidation sites excluding steroid dienone is 2. The van der Waals surface area contributed by atoms with Crippen molar-refractivity contribution in [2.45, 2.75) is 26.1 Å². The lowest BCUT2D eigenvalue weighted by Crippen LogP contribution is -2.22. The van der Waals surface area contributed by atoms with Crippen LogP contribution in [0, 0.1) is 5.92 Å². The molecule has 1 heterocycles. The minimum Gasteiger partial charge on any atom is -0.434 e. The largest absolute Gasteiger partial charge is 0.434 e. The predicted octanol–water partition coefficient (Wildman–Crippen LogP) is 2.71. The van der Waals surface area contributed by atoms with Crippen molar-refractivity contribution in [1.82, 2.24) is 0 Å². The van der Waals surface area contributed by atoms with E-state index in [4.69, 9.17) is 4.65 Å². The van der Waals surface area contributed by atoms with Crippen LogP contribution in [-0.4, -0.2) is 14.0 Å². The highest BCUT2D eigenvalue weighted by atomic mass is 16.4. The molecular formula is C10H17BO. The van der Waals surface area contributed by atoms with Crippen LogP contribution in [0.5, 0.6) is 0 Å². The van der Waals surface area contributed by atoms with E-state index in [0.29, 0.717) is 6.92 Å². The molecule has 1 atom stereocenters. The molecule has 1 rings (SSSR count). The van der Waals surface area contributed by atoms with Crippen LogP contribution in [0.25, 0.3) is 0 Å². The Morgan fingerprint density at radius 1 is 1.83 bits per heavy atom. The highest BCUT2D eigenvalue weighted by molar-refractivity contribution is 6.58. The molecule has 0 N–H and O–H groups in total. The summed E-state index contributed by atoms with van der Waals surface area (Å²) >= 11 is 0. The molecule has 0 fully saturated rings. The van der Waals surface area contributed by atoms with E-state index >= 15 is 0 Å². The quantitative estimate of drug-likeness (QED) is 0.460. The molecule has 0 amide bonds. The first-order valence-corrected chi connectivity index (χ1v) is 4.57. The molecule has 2 heteroatoms. The van der Waals surface area contributed by atoms with Crippen molar-refractivity contribution in [3.8, 4) is 0 Å². The molecule has 0 aromatic rings. The van der Waals surface area contributed by atoms with Crippen molar-refractivity contribution in [2.24, 2.45) is 5.92 Å². The molecule has 1 nitrogen and oxygen atoms in total. The monoisotopic (exact) mass is 164 g/mol. The Labute approximate surface area is 75.6 Å². The van der Waals surface area contributed by atoms with Gasteiger partial charge in [-0.2, -0.15) is 0 Å². The van der Waals surface area contributed by atoms with Crippen molar-refractivity contribution in [3.05, 3.63) is 24.2 Å². The summed E-state index contributed by atoms with van der Waals surface area (Å²) < 4.78 is 5.33. The van der Waals surface area contributed by atoms with E-state index < -0.39 is 0 Å². The zero-order valence-corrected chi connectivity index (χ0v) is 8.05. The maximum Gasteiger partial charge on any atom is 0.319 e. The third-order valence-corrected chi connectivity index (χ3v) is 2.45. The molecule has 0 aromatic carbocycles. The summed E-state index contributed by atoms with van der Waals surface area (Å²) in [6.07, 6.45) is 5.49. The second-order valence-corrected chi connectivity index (χ2v) is 3.62. The van der Waals surface area contributed by atoms with E-state index in [9.17, 15) is 0 Å². The van der Waals surface area contributed by atoms with E-state index in [2.05, 4.69) is 19.5 Å². The van der Waals surface area contributed by atoms with Gasteiger partial charge in [0.25, 0.3) is 0 Å². The van der Waals surface area contributed by atoms with Crippen molar-refractivity contribution in [3.63, 3.8) is 0 Å². The van der Waals surface area contributed by atoms with Gasteiger partial charge in [0, 0.05) is 7.11 Å². The number of rotatable bonds is 3. The first-order valence-electron chi connectivity index (χ1n) is 4.57. The standard InChI is InChI=1S/C10H17BO/c1-4-5-10-6-9(2)7-11(8-10)12-3/h4,7,10H,1,5-6,8H2,2-3H3. The van der Waals surface area contributed by atoms with Crippen LogP contribution in [0.2, 0.25) is 6.32 Å². The normalized spacial score (nSPS) is 23.7. The second kappa shape index (κ2) is 4.51. The van der Waals surface area contributed by atoms with Gasteiger partial charge in [0.15, 0.2) is 0 Å². The van der Waals surface area contributed by atoms with Crippen LogP contribution in [0.4, 0.5) is 0 Å². The Morgan fingerprint density at radius 3 is 3.17 bits per heavy atom. The minimum absolute atomic E-state index is 0.337. The first kappa shape index (κ1) is 9.59. The van der Waals surface area contributed by atoms with Gasteiger partial charge in [-0.1, -0.05) is 17.6 Å². The smallest absolute Gasteiger partial charge is 0.319 e. The third kappa shape index (κ3) is 2.52. The lowest BCUT2D eigenvalue weighted by molar-refractivity contribution is 0.409. The lowest BCUT2D eigenvalue weighted by Gasteiger charge is -2.23. The summed E-state index contributed by atoms with van der Waals surface area (Å²) in [5, 5.41) is 0. The van der Waals surface area contributed by atoms with Crippen molar-refractivity contribution in [1.29, 1.82) is 0 Å². The molecule has 12 heavy (non-hydrogen) atoms. The zero-order valence-electron chi connectivity index (χ0n) is 8.05. The molecule has 0 spiro atoms. The molecule has 0 aliphatic carbocycles. The van der Waals surface area contributed by atoms with Gasteiger partial charge in [-0.25, -0.2) is 0 Å². The average Bonchev–Trinajstić information content (AvgIpc) is 2.04. The fourth-order valence-electron chi connectivity index (χ4n) is 1.90. The third-order valence-electron chi connectivity index (χ3n) is 2.45. The molecule has 66 valence electrons. The minimum atomic E-state index is 0.337. The van der Waals surface area contributed by atoms with E-state index in [1.807, 2.05) is 6.08 Å². The highest BCUT2D eigenvalue weighted by Crippen LogP contribution is 2.27. The molecular weight excluding hydrogens is 147 g/mol. The molecule has 0 aromatic heterocycles. The lowest BCUT2D eigenvalue weighted by atomic mass is 9.55. The van der Waals surface area contributed by atoms with Crippen molar-refractivity contribution in [2.75, 3.05) is 7.11 Å². The summed E-state index contributed by atoms with van der Waals surface area (Å²) in [5.41, 5.74) is 1.46. The van der Waals surface area contributed by atoms with Gasteiger partial charge in [0.2, 0.25) is 0 Å². The van der Waals surface area contributed by atoms with Crippen LogP contribution < -0.4 is 0 Å². The number of hydrogen-bond donors (Lipinski definition) is 0. The Hall–Kier alpha value is -0.495. The van der Waals surface area contributed by atoms with E-state index in [1.165, 1.54) is 12.0 Å². The maximum atomic E-state index is 5.33. The Morgan fingerprint density at radius 2 is 2.58 bits per heavy atom. The van der Waals surface area contributed by atoms with Gasteiger partial charge >= 0.3 is 6.92 Å². The molecule has 0 saturated carbocycles. The Kier molecular flexibility index (Phi) is 3.61. The van der Waals surface area contributed by atoms with Gasteiger partial charge in [-0.3, -0.25) is 0 Å². The SMILES string of the molecule is C=CCC1CB(OC)C=C(C)C1. The molecule has 1 aliphatic rings. The summed E-state index contributed by atoms with van der Waals surface area (Å²) in [6.45, 7) is 6.29. The highest BCUT2D eigenvalue weighted by Gasteiger charge is 2.22. The summed E-state index contributed by atoms with van der Waals surface area (Å²) in [7, 11) is 1.78. The number of hydrogen-bond acceptors (Lipinski definition) is 1. The van der Waals surface area contributed by atoms with E-state index in [-0.39, 0.29) is 0 Å². The maximum absolute atomic E-state index is 5.33. The van der Waals surface area contributed by atoms with Gasteiger partial charge in [0.1, 0.15) is 0 Å². The van der Waals surface area contributed by atoms with E-state index in [0.717, 1.165) is 18.7 Å². The fourth-order valence-corrected chi connectivity index (χ4v) is 1.90. The molecule has 1 unspecified atom stereocenters. The fraction of sp³-hybridized carbons (Fsp3) is 0.600. The molecule has 0 radical (unpaired) electrons. The zero-order chi connectivity index (χ0) is 8.97.